The van der Waals surface area contributed by atoms with E-state index in [0.29, 0.717) is 6.04 Å². The van der Waals surface area contributed by atoms with Crippen LogP contribution in [0.2, 0.25) is 0 Å². The molecule has 1 aliphatic rings. The molecular formula is C14H17IN2. The number of halogens is 1. The molecule has 1 aromatic rings. The van der Waals surface area contributed by atoms with Crippen molar-refractivity contribution in [1.82, 2.24) is 0 Å². The SMILES string of the molecule is N#CC1CCCCCC1Nc1ccccc1I. The second kappa shape index (κ2) is 6.25. The van der Waals surface area contributed by atoms with Gasteiger partial charge in [-0.3, -0.25) is 0 Å². The predicted molar refractivity (Wildman–Crippen MR) is 78.8 cm³/mol. The smallest absolute Gasteiger partial charge is 0.0677 e. The van der Waals surface area contributed by atoms with Crippen LogP contribution in [0, 0.1) is 20.8 Å². The zero-order valence-electron chi connectivity index (χ0n) is 9.82. The zero-order valence-corrected chi connectivity index (χ0v) is 12.0. The second-order valence-corrected chi connectivity index (χ2v) is 5.77. The fourth-order valence-electron chi connectivity index (χ4n) is 2.41. The van der Waals surface area contributed by atoms with Gasteiger partial charge in [-0.1, -0.05) is 31.4 Å². The lowest BCUT2D eigenvalue weighted by Crippen LogP contribution is -2.27. The first kappa shape index (κ1) is 12.7. The number of anilines is 1. The van der Waals surface area contributed by atoms with E-state index >= 15 is 0 Å². The molecular weight excluding hydrogens is 323 g/mol. The van der Waals surface area contributed by atoms with Crippen LogP contribution in [0.1, 0.15) is 32.1 Å². The third-order valence-corrected chi connectivity index (χ3v) is 4.34. The Kier molecular flexibility index (Phi) is 4.66. The second-order valence-electron chi connectivity index (χ2n) is 4.60. The van der Waals surface area contributed by atoms with Crippen LogP contribution < -0.4 is 5.32 Å². The first-order valence-corrected chi connectivity index (χ1v) is 7.30. The summed E-state index contributed by atoms with van der Waals surface area (Å²) in [6.45, 7) is 0. The Balaban J connectivity index is 2.10. The highest BCUT2D eigenvalue weighted by molar-refractivity contribution is 14.1. The van der Waals surface area contributed by atoms with Crippen molar-refractivity contribution in [3.05, 3.63) is 27.8 Å². The molecule has 1 N–H and O–H groups in total. The van der Waals surface area contributed by atoms with Crippen LogP contribution in [0.5, 0.6) is 0 Å². The van der Waals surface area contributed by atoms with Crippen LogP contribution in [0.25, 0.3) is 0 Å². The topological polar surface area (TPSA) is 35.8 Å². The summed E-state index contributed by atoms with van der Waals surface area (Å²) in [5.74, 6) is 0.161. The van der Waals surface area contributed by atoms with Crippen molar-refractivity contribution in [1.29, 1.82) is 5.26 Å². The number of hydrogen-bond donors (Lipinski definition) is 1. The molecule has 0 aromatic heterocycles. The summed E-state index contributed by atoms with van der Waals surface area (Å²) >= 11 is 2.34. The molecule has 2 nitrogen and oxygen atoms in total. The van der Waals surface area contributed by atoms with Crippen molar-refractivity contribution in [2.24, 2.45) is 5.92 Å². The highest BCUT2D eigenvalue weighted by atomic mass is 127. The number of hydrogen-bond acceptors (Lipinski definition) is 2. The van der Waals surface area contributed by atoms with Crippen molar-refractivity contribution in [3.8, 4) is 6.07 Å². The minimum atomic E-state index is 0.161. The van der Waals surface area contributed by atoms with Gasteiger partial charge in [0.2, 0.25) is 0 Å². The Morgan fingerprint density at radius 2 is 1.94 bits per heavy atom. The van der Waals surface area contributed by atoms with Crippen LogP contribution in [0.3, 0.4) is 0 Å². The summed E-state index contributed by atoms with van der Waals surface area (Å²) < 4.78 is 1.23. The van der Waals surface area contributed by atoms with E-state index in [-0.39, 0.29) is 5.92 Å². The molecule has 2 atom stereocenters. The molecule has 0 aliphatic heterocycles. The first-order chi connectivity index (χ1) is 8.31. The van der Waals surface area contributed by atoms with Gasteiger partial charge in [-0.05, 0) is 47.6 Å². The van der Waals surface area contributed by atoms with E-state index in [4.69, 9.17) is 0 Å². The standard InChI is InChI=1S/C14H17IN2/c15-12-7-4-5-9-14(12)17-13-8-3-1-2-6-11(13)10-16/h4-5,7,9,11,13,17H,1-3,6,8H2. The number of nitriles is 1. The van der Waals surface area contributed by atoms with Gasteiger partial charge in [0.1, 0.15) is 0 Å². The van der Waals surface area contributed by atoms with E-state index in [1.807, 2.05) is 12.1 Å². The van der Waals surface area contributed by atoms with Gasteiger partial charge in [-0.2, -0.15) is 5.26 Å². The highest BCUT2D eigenvalue weighted by Gasteiger charge is 2.23. The van der Waals surface area contributed by atoms with E-state index in [0.717, 1.165) is 12.8 Å². The number of rotatable bonds is 2. The number of para-hydroxylation sites is 1. The molecule has 0 saturated heterocycles. The van der Waals surface area contributed by atoms with Crippen LogP contribution in [0.4, 0.5) is 5.69 Å². The van der Waals surface area contributed by atoms with E-state index in [2.05, 4.69) is 46.1 Å². The molecule has 0 heterocycles. The molecule has 90 valence electrons. The molecule has 2 rings (SSSR count). The Morgan fingerprint density at radius 1 is 1.18 bits per heavy atom. The predicted octanol–water partition coefficient (Wildman–Crippen LogP) is 4.18. The minimum Gasteiger partial charge on any atom is -0.380 e. The van der Waals surface area contributed by atoms with Crippen LogP contribution >= 0.6 is 22.6 Å². The van der Waals surface area contributed by atoms with Gasteiger partial charge in [-0.25, -0.2) is 0 Å². The van der Waals surface area contributed by atoms with Crippen molar-refractivity contribution in [2.45, 2.75) is 38.1 Å². The Morgan fingerprint density at radius 3 is 2.71 bits per heavy atom. The maximum atomic E-state index is 9.24. The van der Waals surface area contributed by atoms with Crippen molar-refractivity contribution < 1.29 is 0 Å². The van der Waals surface area contributed by atoms with E-state index in [1.165, 1.54) is 28.5 Å². The molecule has 17 heavy (non-hydrogen) atoms. The summed E-state index contributed by atoms with van der Waals surface area (Å²) in [6, 6.07) is 11.1. The minimum absolute atomic E-state index is 0.161. The summed E-state index contributed by atoms with van der Waals surface area (Å²) in [6.07, 6.45) is 5.85. The van der Waals surface area contributed by atoms with Crippen molar-refractivity contribution in [3.63, 3.8) is 0 Å². The molecule has 0 spiro atoms. The molecule has 1 fully saturated rings. The van der Waals surface area contributed by atoms with Crippen LogP contribution in [-0.2, 0) is 0 Å². The number of benzene rings is 1. The quantitative estimate of drug-likeness (QED) is 0.648. The van der Waals surface area contributed by atoms with E-state index in [1.54, 1.807) is 0 Å². The Bertz CT molecular complexity index is 411. The van der Waals surface area contributed by atoms with Gasteiger partial charge in [-0.15, -0.1) is 0 Å². The summed E-state index contributed by atoms with van der Waals surface area (Å²) in [7, 11) is 0. The zero-order chi connectivity index (χ0) is 12.1. The van der Waals surface area contributed by atoms with Crippen LogP contribution in [0.15, 0.2) is 24.3 Å². The summed E-state index contributed by atoms with van der Waals surface area (Å²) in [5.41, 5.74) is 1.17. The molecule has 0 amide bonds. The third-order valence-electron chi connectivity index (χ3n) is 3.40. The van der Waals surface area contributed by atoms with E-state index < -0.39 is 0 Å². The van der Waals surface area contributed by atoms with Gasteiger partial charge >= 0.3 is 0 Å². The number of nitrogens with one attached hydrogen (secondary N) is 1. The fraction of sp³-hybridized carbons (Fsp3) is 0.500. The van der Waals surface area contributed by atoms with Gasteiger partial charge < -0.3 is 5.32 Å². The molecule has 3 heteroatoms. The number of nitrogens with zero attached hydrogens (tertiary/aromatic N) is 1. The lowest BCUT2D eigenvalue weighted by molar-refractivity contribution is 0.514. The average Bonchev–Trinajstić information content (AvgIpc) is 2.57. The first-order valence-electron chi connectivity index (χ1n) is 6.22. The van der Waals surface area contributed by atoms with E-state index in [9.17, 15) is 5.26 Å². The molecule has 0 radical (unpaired) electrons. The van der Waals surface area contributed by atoms with Crippen molar-refractivity contribution >= 4 is 28.3 Å². The lowest BCUT2D eigenvalue weighted by Gasteiger charge is -2.22. The third kappa shape index (κ3) is 3.35. The Labute approximate surface area is 117 Å². The normalized spacial score (nSPS) is 24.7. The van der Waals surface area contributed by atoms with Gasteiger partial charge in [0.05, 0.1) is 12.0 Å². The molecule has 0 bridgehead atoms. The average molecular weight is 340 g/mol. The van der Waals surface area contributed by atoms with Crippen LogP contribution in [-0.4, -0.2) is 6.04 Å². The lowest BCUT2D eigenvalue weighted by atomic mass is 9.96. The maximum absolute atomic E-state index is 9.24. The molecule has 2 unspecified atom stereocenters. The van der Waals surface area contributed by atoms with Gasteiger partial charge in [0.15, 0.2) is 0 Å². The van der Waals surface area contributed by atoms with Crippen molar-refractivity contribution in [2.75, 3.05) is 5.32 Å². The molecule has 1 aromatic carbocycles. The van der Waals surface area contributed by atoms with Gasteiger partial charge in [0.25, 0.3) is 0 Å². The highest BCUT2D eigenvalue weighted by Crippen LogP contribution is 2.27. The summed E-state index contributed by atoms with van der Waals surface area (Å²) in [4.78, 5) is 0. The molecule has 1 aliphatic carbocycles. The van der Waals surface area contributed by atoms with Gasteiger partial charge in [0, 0.05) is 15.3 Å². The largest absolute Gasteiger partial charge is 0.380 e. The maximum Gasteiger partial charge on any atom is 0.0677 e. The monoisotopic (exact) mass is 340 g/mol. The summed E-state index contributed by atoms with van der Waals surface area (Å²) in [5, 5.41) is 12.8. The fourth-order valence-corrected chi connectivity index (χ4v) is 2.96. The molecule has 1 saturated carbocycles. The Hall–Kier alpha value is -0.760.